The molecule has 1 aliphatic carbocycles. The van der Waals surface area contributed by atoms with Crippen LogP contribution in [0, 0.1) is 11.8 Å². The third-order valence-corrected chi connectivity index (χ3v) is 6.98. The number of morpholine rings is 1. The van der Waals surface area contributed by atoms with Crippen molar-refractivity contribution in [2.75, 3.05) is 39.4 Å². The third kappa shape index (κ3) is 6.07. The number of piperidine rings is 1. The maximum atomic E-state index is 14.6. The Morgan fingerprint density at radius 3 is 2.42 bits per heavy atom. The summed E-state index contributed by atoms with van der Waals surface area (Å²) in [5, 5.41) is 3.58. The van der Waals surface area contributed by atoms with Crippen molar-refractivity contribution in [2.45, 2.75) is 83.1 Å². The lowest BCUT2D eigenvalue weighted by atomic mass is 9.82. The molecule has 3 aliphatic heterocycles. The Balaban J connectivity index is 1.25. The Hall–Kier alpha value is -1.00. The molecule has 31 heavy (non-hydrogen) atoms. The number of nitrogens with zero attached hydrogens (tertiary/aromatic N) is 2. The van der Waals surface area contributed by atoms with Gasteiger partial charge < -0.3 is 14.4 Å². The number of hydrogen-bond donors (Lipinski definition) is 2. The first-order chi connectivity index (χ1) is 14.8. The highest BCUT2D eigenvalue weighted by atomic mass is 19.1. The van der Waals surface area contributed by atoms with Crippen LogP contribution < -0.4 is 10.8 Å². The van der Waals surface area contributed by atoms with Crippen LogP contribution in [0.3, 0.4) is 0 Å². The summed E-state index contributed by atoms with van der Waals surface area (Å²) in [4.78, 5) is 22.4. The molecule has 1 amide bonds. The zero-order valence-electron chi connectivity index (χ0n) is 19.1. The van der Waals surface area contributed by atoms with Crippen molar-refractivity contribution < 1.29 is 23.5 Å². The van der Waals surface area contributed by atoms with Crippen LogP contribution in [-0.2, 0) is 14.3 Å². The van der Waals surface area contributed by atoms with Crippen molar-refractivity contribution in [2.24, 2.45) is 11.8 Å². The van der Waals surface area contributed by atoms with Crippen molar-refractivity contribution in [1.82, 2.24) is 20.6 Å². The number of carbonyl (C=O) groups excluding carboxylic acids is 1. The lowest BCUT2D eigenvalue weighted by Gasteiger charge is -2.41. The number of hydrogen-bond acceptors (Lipinski definition) is 7. The van der Waals surface area contributed by atoms with Gasteiger partial charge in [0.15, 0.2) is 0 Å². The monoisotopic (exact) mass is 442 g/mol. The number of likely N-dealkylation sites (tertiary alicyclic amines) is 1. The minimum Gasteiger partial charge on any atom is -0.444 e. The van der Waals surface area contributed by atoms with Crippen LogP contribution in [0.5, 0.6) is 0 Å². The summed E-state index contributed by atoms with van der Waals surface area (Å²) in [5.41, 5.74) is 2.69. The van der Waals surface area contributed by atoms with Gasteiger partial charge in [0.25, 0.3) is 0 Å². The van der Waals surface area contributed by atoms with Crippen LogP contribution in [0.25, 0.3) is 0 Å². The highest BCUT2D eigenvalue weighted by molar-refractivity contribution is 5.68. The van der Waals surface area contributed by atoms with E-state index in [1.54, 1.807) is 4.90 Å². The number of halogens is 1. The first kappa shape index (κ1) is 23.2. The predicted octanol–water partition coefficient (Wildman–Crippen LogP) is 2.25. The fraction of sp³-hybridized carbons (Fsp3) is 0.955. The fourth-order valence-corrected chi connectivity index (χ4v) is 5.35. The van der Waals surface area contributed by atoms with Gasteiger partial charge in [-0.3, -0.25) is 15.1 Å². The SMILES string of the molecule is CC(C)(C)OC(=O)N1CCC(C2NOC(C3CC(F)CC(N4CCOCC4)C3)N2)CC1. The van der Waals surface area contributed by atoms with Crippen molar-refractivity contribution in [1.29, 1.82) is 0 Å². The maximum absolute atomic E-state index is 14.6. The van der Waals surface area contributed by atoms with Gasteiger partial charge in [-0.25, -0.2) is 9.18 Å². The molecule has 1 saturated carbocycles. The molecule has 0 aromatic rings. The van der Waals surface area contributed by atoms with Gasteiger partial charge in [-0.1, -0.05) is 0 Å². The van der Waals surface area contributed by atoms with Gasteiger partial charge in [0.2, 0.25) is 0 Å². The number of ether oxygens (including phenoxy) is 2. The van der Waals surface area contributed by atoms with E-state index < -0.39 is 11.8 Å². The molecule has 2 N–H and O–H groups in total. The van der Waals surface area contributed by atoms with Crippen LogP contribution in [-0.4, -0.2) is 85.5 Å². The van der Waals surface area contributed by atoms with Gasteiger partial charge in [0.05, 0.1) is 19.4 Å². The Bertz CT molecular complexity index is 605. The molecule has 3 saturated heterocycles. The normalized spacial score (nSPS) is 36.5. The molecular formula is C22H39FN4O4. The number of alkyl halides is 1. The van der Waals surface area contributed by atoms with E-state index in [-0.39, 0.29) is 30.4 Å². The predicted molar refractivity (Wildman–Crippen MR) is 114 cm³/mol. The Kier molecular flexibility index (Phi) is 7.37. The zero-order valence-corrected chi connectivity index (χ0v) is 19.1. The average molecular weight is 443 g/mol. The summed E-state index contributed by atoms with van der Waals surface area (Å²) in [6, 6.07) is 0.263. The molecule has 0 radical (unpaired) electrons. The molecule has 4 aliphatic rings. The Morgan fingerprint density at radius 1 is 1.03 bits per heavy atom. The van der Waals surface area contributed by atoms with Crippen LogP contribution in [0.2, 0.25) is 0 Å². The van der Waals surface area contributed by atoms with E-state index in [0.29, 0.717) is 31.8 Å². The van der Waals surface area contributed by atoms with Gasteiger partial charge in [0.1, 0.15) is 18.0 Å². The number of nitrogens with one attached hydrogen (secondary N) is 2. The van der Waals surface area contributed by atoms with E-state index in [9.17, 15) is 9.18 Å². The van der Waals surface area contributed by atoms with Gasteiger partial charge in [0, 0.05) is 38.1 Å². The van der Waals surface area contributed by atoms with E-state index in [2.05, 4.69) is 15.7 Å². The summed E-state index contributed by atoms with van der Waals surface area (Å²) in [5.74, 6) is 0.513. The van der Waals surface area contributed by atoms with E-state index >= 15 is 0 Å². The standard InChI is InChI=1S/C22H39FN4O4/c1-22(2,3)30-21(28)27-6-4-15(5-7-27)19-24-20(31-25-19)16-12-17(23)14-18(13-16)26-8-10-29-11-9-26/h15-20,24-25H,4-14H2,1-3H3. The molecule has 5 unspecified atom stereocenters. The lowest BCUT2D eigenvalue weighted by Crippen LogP contribution is -2.51. The largest absolute Gasteiger partial charge is 0.444 e. The molecule has 9 heteroatoms. The first-order valence-electron chi connectivity index (χ1n) is 11.9. The van der Waals surface area contributed by atoms with Gasteiger partial charge in [-0.2, -0.15) is 5.48 Å². The zero-order chi connectivity index (χ0) is 22.0. The molecule has 4 fully saturated rings. The summed E-state index contributed by atoms with van der Waals surface area (Å²) >= 11 is 0. The number of amides is 1. The van der Waals surface area contributed by atoms with E-state index in [1.807, 2.05) is 20.8 Å². The van der Waals surface area contributed by atoms with E-state index in [1.165, 1.54) is 0 Å². The van der Waals surface area contributed by atoms with Crippen molar-refractivity contribution in [3.8, 4) is 0 Å². The summed E-state index contributed by atoms with van der Waals surface area (Å²) in [7, 11) is 0. The molecular weight excluding hydrogens is 403 g/mol. The molecule has 178 valence electrons. The Labute approximate surface area is 185 Å². The third-order valence-electron chi connectivity index (χ3n) is 6.98. The highest BCUT2D eigenvalue weighted by Crippen LogP contribution is 2.34. The molecule has 0 aromatic carbocycles. The topological polar surface area (TPSA) is 75.3 Å². The number of carbonyl (C=O) groups is 1. The molecule has 5 atom stereocenters. The lowest BCUT2D eigenvalue weighted by molar-refractivity contribution is -0.0569. The summed E-state index contributed by atoms with van der Waals surface area (Å²) in [6.07, 6.45) is 2.71. The highest BCUT2D eigenvalue weighted by Gasteiger charge is 2.42. The minimum atomic E-state index is -0.784. The second-order valence-corrected chi connectivity index (χ2v) is 10.5. The fourth-order valence-electron chi connectivity index (χ4n) is 5.35. The quantitative estimate of drug-likeness (QED) is 0.694. The van der Waals surface area contributed by atoms with E-state index in [4.69, 9.17) is 14.3 Å². The van der Waals surface area contributed by atoms with Crippen molar-refractivity contribution in [3.63, 3.8) is 0 Å². The second kappa shape index (κ2) is 9.87. The van der Waals surface area contributed by atoms with Gasteiger partial charge >= 0.3 is 6.09 Å². The van der Waals surface area contributed by atoms with Gasteiger partial charge in [-0.05, 0) is 58.8 Å². The summed E-state index contributed by atoms with van der Waals surface area (Å²) < 4.78 is 25.5. The molecule has 3 heterocycles. The van der Waals surface area contributed by atoms with Crippen LogP contribution in [0.15, 0.2) is 0 Å². The van der Waals surface area contributed by atoms with Crippen molar-refractivity contribution >= 4 is 6.09 Å². The van der Waals surface area contributed by atoms with E-state index in [0.717, 1.165) is 45.6 Å². The van der Waals surface area contributed by atoms with Crippen LogP contribution in [0.1, 0.15) is 52.9 Å². The molecule has 4 rings (SSSR count). The molecule has 8 nitrogen and oxygen atoms in total. The molecule has 0 bridgehead atoms. The van der Waals surface area contributed by atoms with Gasteiger partial charge in [-0.15, -0.1) is 0 Å². The molecule has 0 aromatic heterocycles. The van der Waals surface area contributed by atoms with Crippen molar-refractivity contribution in [3.05, 3.63) is 0 Å². The second-order valence-electron chi connectivity index (χ2n) is 10.5. The minimum absolute atomic E-state index is 0.0348. The smallest absolute Gasteiger partial charge is 0.410 e. The molecule has 0 spiro atoms. The number of hydroxylamine groups is 1. The van der Waals surface area contributed by atoms with Crippen LogP contribution >= 0.6 is 0 Å². The first-order valence-corrected chi connectivity index (χ1v) is 11.9. The average Bonchev–Trinajstić information content (AvgIpc) is 3.23. The van der Waals surface area contributed by atoms with Crippen LogP contribution in [0.4, 0.5) is 9.18 Å². The maximum Gasteiger partial charge on any atom is 0.410 e. The Morgan fingerprint density at radius 2 is 1.74 bits per heavy atom. The number of rotatable bonds is 3. The summed E-state index contributed by atoms with van der Waals surface area (Å²) in [6.45, 7) is 10.3.